The third-order valence-electron chi connectivity index (χ3n) is 5.28. The molecule has 0 aliphatic heterocycles. The van der Waals surface area contributed by atoms with Crippen LogP contribution in [0, 0.1) is 23.6 Å². The quantitative estimate of drug-likeness (QED) is 0.366. The number of alkyl halides is 3. The van der Waals surface area contributed by atoms with Crippen LogP contribution in [0.1, 0.15) is 57.9 Å². The standard InChI is InChI=1S/C19H24F4O2/c1-3-12(4-2)13-5-7-14(8-6-13)18(24)25-15-9-10-16(17(20)11-15)19(21,22)23/h9-14H,3-8H2,1-2H3. The molecule has 2 rings (SSSR count). The van der Waals surface area contributed by atoms with Crippen molar-refractivity contribution in [2.24, 2.45) is 17.8 Å². The Labute approximate surface area is 145 Å². The van der Waals surface area contributed by atoms with Crippen molar-refractivity contribution in [1.82, 2.24) is 0 Å². The van der Waals surface area contributed by atoms with Crippen LogP contribution in [-0.4, -0.2) is 5.97 Å². The number of esters is 1. The summed E-state index contributed by atoms with van der Waals surface area (Å²) in [6, 6.07) is 2.21. The molecule has 0 amide bonds. The van der Waals surface area contributed by atoms with Gasteiger partial charge in [-0.05, 0) is 49.7 Å². The van der Waals surface area contributed by atoms with Crippen molar-refractivity contribution in [3.05, 3.63) is 29.6 Å². The molecule has 0 saturated heterocycles. The van der Waals surface area contributed by atoms with Crippen molar-refractivity contribution >= 4 is 5.97 Å². The Kier molecular flexibility index (Phi) is 6.47. The molecule has 1 aromatic carbocycles. The van der Waals surface area contributed by atoms with E-state index in [0.717, 1.165) is 31.7 Å². The first-order valence-electron chi connectivity index (χ1n) is 8.84. The Morgan fingerprint density at radius 3 is 2.24 bits per heavy atom. The summed E-state index contributed by atoms with van der Waals surface area (Å²) >= 11 is 0. The zero-order chi connectivity index (χ0) is 18.6. The first-order valence-corrected chi connectivity index (χ1v) is 8.84. The third-order valence-corrected chi connectivity index (χ3v) is 5.28. The molecule has 0 bridgehead atoms. The molecule has 140 valence electrons. The predicted molar refractivity (Wildman–Crippen MR) is 86.6 cm³/mol. The van der Waals surface area contributed by atoms with Gasteiger partial charge in [-0.15, -0.1) is 0 Å². The fourth-order valence-corrected chi connectivity index (χ4v) is 3.77. The van der Waals surface area contributed by atoms with Gasteiger partial charge in [-0.3, -0.25) is 4.79 Å². The van der Waals surface area contributed by atoms with E-state index in [1.165, 1.54) is 0 Å². The maximum atomic E-state index is 13.5. The van der Waals surface area contributed by atoms with Gasteiger partial charge in [0.1, 0.15) is 11.6 Å². The SMILES string of the molecule is CCC(CC)C1CCC(C(=O)Oc2ccc(C(F)(F)F)c(F)c2)CC1. The van der Waals surface area contributed by atoms with Gasteiger partial charge < -0.3 is 4.74 Å². The molecule has 1 fully saturated rings. The molecular weight excluding hydrogens is 336 g/mol. The number of carbonyl (C=O) groups is 1. The van der Waals surface area contributed by atoms with Crippen molar-refractivity contribution in [2.45, 2.75) is 58.5 Å². The molecule has 0 N–H and O–H groups in total. The minimum absolute atomic E-state index is 0.183. The van der Waals surface area contributed by atoms with E-state index in [1.54, 1.807) is 0 Å². The lowest BCUT2D eigenvalue weighted by Crippen LogP contribution is -2.28. The topological polar surface area (TPSA) is 26.3 Å². The molecule has 0 atom stereocenters. The van der Waals surface area contributed by atoms with Crippen LogP contribution >= 0.6 is 0 Å². The van der Waals surface area contributed by atoms with Gasteiger partial charge in [0.05, 0.1) is 11.5 Å². The van der Waals surface area contributed by atoms with E-state index >= 15 is 0 Å². The highest BCUT2D eigenvalue weighted by atomic mass is 19.4. The first-order chi connectivity index (χ1) is 11.8. The molecule has 0 aromatic heterocycles. The largest absolute Gasteiger partial charge is 0.426 e. The molecule has 0 spiro atoms. The summed E-state index contributed by atoms with van der Waals surface area (Å²) in [5, 5.41) is 0. The molecule has 0 unspecified atom stereocenters. The van der Waals surface area contributed by atoms with Crippen LogP contribution in [-0.2, 0) is 11.0 Å². The molecule has 0 heterocycles. The van der Waals surface area contributed by atoms with Gasteiger partial charge in [-0.1, -0.05) is 26.7 Å². The van der Waals surface area contributed by atoms with Crippen molar-refractivity contribution in [3.8, 4) is 5.75 Å². The van der Waals surface area contributed by atoms with Crippen molar-refractivity contribution in [1.29, 1.82) is 0 Å². The summed E-state index contributed by atoms with van der Waals surface area (Å²) in [5.74, 6) is -1.09. The fourth-order valence-electron chi connectivity index (χ4n) is 3.77. The summed E-state index contributed by atoms with van der Waals surface area (Å²) in [7, 11) is 0. The number of benzene rings is 1. The zero-order valence-electron chi connectivity index (χ0n) is 14.5. The van der Waals surface area contributed by atoms with Crippen LogP contribution in [0.15, 0.2) is 18.2 Å². The van der Waals surface area contributed by atoms with Crippen LogP contribution < -0.4 is 4.74 Å². The summed E-state index contributed by atoms with van der Waals surface area (Å²) in [6.07, 6.45) is 0.815. The van der Waals surface area contributed by atoms with Gasteiger partial charge in [-0.2, -0.15) is 13.2 Å². The molecular formula is C19H24F4O2. The van der Waals surface area contributed by atoms with E-state index in [0.29, 0.717) is 36.8 Å². The van der Waals surface area contributed by atoms with Crippen LogP contribution in [0.5, 0.6) is 5.75 Å². The van der Waals surface area contributed by atoms with Crippen molar-refractivity contribution in [3.63, 3.8) is 0 Å². The fraction of sp³-hybridized carbons (Fsp3) is 0.632. The maximum Gasteiger partial charge on any atom is 0.419 e. The number of halogens is 4. The molecule has 2 nitrogen and oxygen atoms in total. The van der Waals surface area contributed by atoms with Crippen LogP contribution in [0.4, 0.5) is 17.6 Å². The van der Waals surface area contributed by atoms with Gasteiger partial charge in [0.25, 0.3) is 0 Å². The second-order valence-corrected chi connectivity index (χ2v) is 6.75. The average molecular weight is 360 g/mol. The Balaban J connectivity index is 1.94. The van der Waals surface area contributed by atoms with E-state index < -0.39 is 23.5 Å². The normalized spacial score (nSPS) is 21.4. The van der Waals surface area contributed by atoms with Crippen molar-refractivity contribution in [2.75, 3.05) is 0 Å². The number of ether oxygens (including phenoxy) is 1. The molecule has 1 aliphatic carbocycles. The Morgan fingerprint density at radius 1 is 1.16 bits per heavy atom. The first kappa shape index (κ1) is 19.7. The van der Waals surface area contributed by atoms with E-state index in [1.807, 2.05) is 0 Å². The highest BCUT2D eigenvalue weighted by Crippen LogP contribution is 2.37. The lowest BCUT2D eigenvalue weighted by atomic mass is 9.74. The zero-order valence-corrected chi connectivity index (χ0v) is 14.5. The molecule has 1 aromatic rings. The lowest BCUT2D eigenvalue weighted by Gasteiger charge is -2.32. The van der Waals surface area contributed by atoms with Gasteiger partial charge >= 0.3 is 12.1 Å². The number of carbonyl (C=O) groups excluding carboxylic acids is 1. The van der Waals surface area contributed by atoms with Gasteiger partial charge in [0.15, 0.2) is 0 Å². The van der Waals surface area contributed by atoms with Gasteiger partial charge in [0.2, 0.25) is 0 Å². The second-order valence-electron chi connectivity index (χ2n) is 6.75. The Morgan fingerprint density at radius 2 is 1.76 bits per heavy atom. The number of rotatable bonds is 5. The van der Waals surface area contributed by atoms with E-state index in [4.69, 9.17) is 4.74 Å². The van der Waals surface area contributed by atoms with Crippen LogP contribution in [0.25, 0.3) is 0 Å². The summed E-state index contributed by atoms with van der Waals surface area (Å²) in [6.45, 7) is 4.35. The summed E-state index contributed by atoms with van der Waals surface area (Å²) < 4.78 is 56.3. The molecule has 1 aliphatic rings. The van der Waals surface area contributed by atoms with Gasteiger partial charge in [0, 0.05) is 6.07 Å². The minimum atomic E-state index is -4.76. The molecule has 1 saturated carbocycles. The predicted octanol–water partition coefficient (Wildman–Crippen LogP) is 5.99. The Bertz CT molecular complexity index is 586. The van der Waals surface area contributed by atoms with Gasteiger partial charge in [-0.25, -0.2) is 4.39 Å². The summed E-state index contributed by atoms with van der Waals surface area (Å²) in [4.78, 5) is 12.2. The smallest absolute Gasteiger partial charge is 0.419 e. The molecule has 0 radical (unpaired) electrons. The van der Waals surface area contributed by atoms with Crippen LogP contribution in [0.3, 0.4) is 0 Å². The monoisotopic (exact) mass is 360 g/mol. The maximum absolute atomic E-state index is 13.5. The average Bonchev–Trinajstić information content (AvgIpc) is 2.55. The van der Waals surface area contributed by atoms with E-state index in [9.17, 15) is 22.4 Å². The van der Waals surface area contributed by atoms with E-state index in [-0.39, 0.29) is 11.7 Å². The number of hydrogen-bond acceptors (Lipinski definition) is 2. The number of hydrogen-bond donors (Lipinski definition) is 0. The van der Waals surface area contributed by atoms with Crippen LogP contribution in [0.2, 0.25) is 0 Å². The molecule has 6 heteroatoms. The minimum Gasteiger partial charge on any atom is -0.426 e. The lowest BCUT2D eigenvalue weighted by molar-refractivity contribution is -0.140. The third kappa shape index (κ3) is 4.95. The van der Waals surface area contributed by atoms with E-state index in [2.05, 4.69) is 13.8 Å². The Hall–Kier alpha value is -1.59. The molecule has 25 heavy (non-hydrogen) atoms. The second kappa shape index (κ2) is 8.19. The highest BCUT2D eigenvalue weighted by Gasteiger charge is 2.35. The van der Waals surface area contributed by atoms with Crippen molar-refractivity contribution < 1.29 is 27.1 Å². The summed E-state index contributed by atoms with van der Waals surface area (Å²) in [5.41, 5.74) is -1.36. The highest BCUT2D eigenvalue weighted by molar-refractivity contribution is 5.75.